The Hall–Kier alpha value is -0.0800. The molecule has 1 saturated carbocycles. The molecule has 1 heterocycles. The highest BCUT2D eigenvalue weighted by molar-refractivity contribution is 14.0. The summed E-state index contributed by atoms with van der Waals surface area (Å²) in [7, 11) is 3.89. The van der Waals surface area contributed by atoms with Crippen LogP contribution in [0.25, 0.3) is 0 Å². The van der Waals surface area contributed by atoms with Crippen LogP contribution in [-0.4, -0.2) is 64.0 Å². The number of hydrogen-bond acceptors (Lipinski definition) is 3. The SMILES string of the molecule is CN=C(NCCC1CCCO1)N(C)CCOCC1CC1.I. The Morgan fingerprint density at radius 3 is 2.81 bits per heavy atom. The molecule has 0 amide bonds. The molecule has 1 atom stereocenters. The highest BCUT2D eigenvalue weighted by atomic mass is 127. The van der Waals surface area contributed by atoms with Gasteiger partial charge in [-0.2, -0.15) is 0 Å². The molecule has 0 radical (unpaired) electrons. The highest BCUT2D eigenvalue weighted by Crippen LogP contribution is 2.28. The lowest BCUT2D eigenvalue weighted by Gasteiger charge is -2.22. The zero-order chi connectivity index (χ0) is 14.2. The lowest BCUT2D eigenvalue weighted by atomic mass is 10.2. The number of aliphatic imine (C=N–C) groups is 1. The van der Waals surface area contributed by atoms with Crippen LogP contribution in [0.1, 0.15) is 32.1 Å². The summed E-state index contributed by atoms with van der Waals surface area (Å²) in [5, 5.41) is 3.40. The summed E-state index contributed by atoms with van der Waals surface area (Å²) in [6, 6.07) is 0. The van der Waals surface area contributed by atoms with E-state index >= 15 is 0 Å². The van der Waals surface area contributed by atoms with Crippen molar-refractivity contribution in [2.45, 2.75) is 38.2 Å². The molecule has 1 aliphatic heterocycles. The van der Waals surface area contributed by atoms with Gasteiger partial charge < -0.3 is 19.7 Å². The number of ether oxygens (including phenoxy) is 2. The summed E-state index contributed by atoms with van der Waals surface area (Å²) in [5.41, 5.74) is 0. The molecule has 2 rings (SSSR count). The predicted molar refractivity (Wildman–Crippen MR) is 96.5 cm³/mol. The van der Waals surface area contributed by atoms with E-state index in [4.69, 9.17) is 9.47 Å². The van der Waals surface area contributed by atoms with E-state index in [2.05, 4.69) is 22.3 Å². The van der Waals surface area contributed by atoms with Crippen LogP contribution in [-0.2, 0) is 9.47 Å². The Bertz CT molecular complexity index is 305. The van der Waals surface area contributed by atoms with Crippen LogP contribution in [0, 0.1) is 5.92 Å². The molecular weight excluding hydrogens is 381 g/mol. The Kier molecular flexibility index (Phi) is 9.59. The molecule has 1 N–H and O–H groups in total. The van der Waals surface area contributed by atoms with Gasteiger partial charge in [-0.05, 0) is 38.0 Å². The minimum Gasteiger partial charge on any atom is -0.379 e. The average molecular weight is 411 g/mol. The lowest BCUT2D eigenvalue weighted by Crippen LogP contribution is -2.41. The van der Waals surface area contributed by atoms with Crippen LogP contribution in [0.3, 0.4) is 0 Å². The van der Waals surface area contributed by atoms with Gasteiger partial charge in [-0.3, -0.25) is 4.99 Å². The van der Waals surface area contributed by atoms with Crippen LogP contribution in [0.15, 0.2) is 4.99 Å². The molecule has 124 valence electrons. The standard InChI is InChI=1S/C15H29N3O2.HI/c1-16-15(17-8-7-14-4-3-10-20-14)18(2)9-11-19-12-13-5-6-13;/h13-14H,3-12H2,1-2H3,(H,16,17);1H. The summed E-state index contributed by atoms with van der Waals surface area (Å²) in [5.74, 6) is 1.78. The van der Waals surface area contributed by atoms with Gasteiger partial charge in [0.15, 0.2) is 5.96 Å². The van der Waals surface area contributed by atoms with Crippen LogP contribution >= 0.6 is 24.0 Å². The first-order valence-electron chi connectivity index (χ1n) is 7.90. The van der Waals surface area contributed by atoms with Crippen molar-refractivity contribution in [1.29, 1.82) is 0 Å². The summed E-state index contributed by atoms with van der Waals surface area (Å²) in [4.78, 5) is 6.44. The van der Waals surface area contributed by atoms with Crippen molar-refractivity contribution in [2.75, 3.05) is 47.0 Å². The molecule has 2 aliphatic rings. The van der Waals surface area contributed by atoms with E-state index in [1.54, 1.807) is 0 Å². The van der Waals surface area contributed by atoms with Crippen molar-refractivity contribution in [3.63, 3.8) is 0 Å². The maximum absolute atomic E-state index is 5.66. The number of rotatable bonds is 8. The molecule has 21 heavy (non-hydrogen) atoms. The third-order valence-electron chi connectivity index (χ3n) is 3.97. The van der Waals surface area contributed by atoms with E-state index in [9.17, 15) is 0 Å². The second-order valence-electron chi connectivity index (χ2n) is 5.84. The van der Waals surface area contributed by atoms with E-state index in [1.165, 1.54) is 25.7 Å². The highest BCUT2D eigenvalue weighted by Gasteiger charge is 2.21. The fourth-order valence-corrected chi connectivity index (χ4v) is 2.44. The Morgan fingerprint density at radius 1 is 1.38 bits per heavy atom. The zero-order valence-corrected chi connectivity index (χ0v) is 15.7. The van der Waals surface area contributed by atoms with Crippen LogP contribution in [0.5, 0.6) is 0 Å². The van der Waals surface area contributed by atoms with Crippen molar-refractivity contribution in [3.8, 4) is 0 Å². The smallest absolute Gasteiger partial charge is 0.193 e. The van der Waals surface area contributed by atoms with Gasteiger partial charge in [0.2, 0.25) is 0 Å². The van der Waals surface area contributed by atoms with E-state index in [0.717, 1.165) is 51.2 Å². The maximum Gasteiger partial charge on any atom is 0.193 e. The Labute approximate surface area is 145 Å². The van der Waals surface area contributed by atoms with Crippen LogP contribution in [0.4, 0.5) is 0 Å². The van der Waals surface area contributed by atoms with Gasteiger partial charge in [0.1, 0.15) is 0 Å². The van der Waals surface area contributed by atoms with Gasteiger partial charge in [-0.15, -0.1) is 24.0 Å². The van der Waals surface area contributed by atoms with Crippen molar-refractivity contribution in [3.05, 3.63) is 0 Å². The molecule has 2 fully saturated rings. The van der Waals surface area contributed by atoms with E-state index in [1.807, 2.05) is 7.05 Å². The van der Waals surface area contributed by atoms with E-state index < -0.39 is 0 Å². The first-order chi connectivity index (χ1) is 9.79. The van der Waals surface area contributed by atoms with Crippen molar-refractivity contribution < 1.29 is 9.47 Å². The third-order valence-corrected chi connectivity index (χ3v) is 3.97. The Balaban J connectivity index is 0.00000220. The van der Waals surface area contributed by atoms with Crippen LogP contribution < -0.4 is 5.32 Å². The third kappa shape index (κ3) is 7.65. The summed E-state index contributed by atoms with van der Waals surface area (Å²) < 4.78 is 11.3. The van der Waals surface area contributed by atoms with Crippen molar-refractivity contribution in [1.82, 2.24) is 10.2 Å². The summed E-state index contributed by atoms with van der Waals surface area (Å²) in [6.07, 6.45) is 6.60. The molecule has 1 unspecified atom stereocenters. The molecule has 0 aromatic heterocycles. The number of likely N-dealkylation sites (N-methyl/N-ethyl adjacent to an activating group) is 1. The fraction of sp³-hybridized carbons (Fsp3) is 0.933. The van der Waals surface area contributed by atoms with Crippen molar-refractivity contribution in [2.24, 2.45) is 10.9 Å². The molecular formula is C15H30IN3O2. The van der Waals surface area contributed by atoms with Gasteiger partial charge in [0.25, 0.3) is 0 Å². The molecule has 6 heteroatoms. The number of guanidine groups is 1. The summed E-state index contributed by atoms with van der Waals surface area (Å²) in [6.45, 7) is 4.44. The minimum atomic E-state index is 0. The minimum absolute atomic E-state index is 0. The van der Waals surface area contributed by atoms with Gasteiger partial charge in [0.05, 0.1) is 12.7 Å². The van der Waals surface area contributed by atoms with Crippen LogP contribution in [0.2, 0.25) is 0 Å². The zero-order valence-electron chi connectivity index (χ0n) is 13.3. The number of halogens is 1. The Morgan fingerprint density at radius 2 is 2.19 bits per heavy atom. The first-order valence-corrected chi connectivity index (χ1v) is 7.90. The largest absolute Gasteiger partial charge is 0.379 e. The summed E-state index contributed by atoms with van der Waals surface area (Å²) >= 11 is 0. The second kappa shape index (κ2) is 10.6. The quantitative estimate of drug-likeness (QED) is 0.288. The monoisotopic (exact) mass is 411 g/mol. The molecule has 5 nitrogen and oxygen atoms in total. The van der Waals surface area contributed by atoms with Crippen molar-refractivity contribution >= 4 is 29.9 Å². The van der Waals surface area contributed by atoms with Gasteiger partial charge in [-0.1, -0.05) is 0 Å². The topological polar surface area (TPSA) is 46.1 Å². The van der Waals surface area contributed by atoms with E-state index in [-0.39, 0.29) is 24.0 Å². The lowest BCUT2D eigenvalue weighted by molar-refractivity contribution is 0.104. The maximum atomic E-state index is 5.66. The molecule has 0 spiro atoms. The number of nitrogens with zero attached hydrogens (tertiary/aromatic N) is 2. The predicted octanol–water partition coefficient (Wildman–Crippen LogP) is 2.11. The normalized spacial score (nSPS) is 22.0. The molecule has 0 aromatic rings. The number of hydrogen-bond donors (Lipinski definition) is 1. The number of nitrogens with one attached hydrogen (secondary N) is 1. The van der Waals surface area contributed by atoms with Gasteiger partial charge in [-0.25, -0.2) is 0 Å². The molecule has 0 aromatic carbocycles. The average Bonchev–Trinajstić information content (AvgIpc) is 3.14. The molecule has 0 bridgehead atoms. The molecule has 1 aliphatic carbocycles. The fourth-order valence-electron chi connectivity index (χ4n) is 2.44. The van der Waals surface area contributed by atoms with Gasteiger partial charge in [0, 0.05) is 40.4 Å². The van der Waals surface area contributed by atoms with E-state index in [0.29, 0.717) is 6.10 Å². The first kappa shape index (κ1) is 19.0. The van der Waals surface area contributed by atoms with Gasteiger partial charge >= 0.3 is 0 Å². The molecule has 1 saturated heterocycles. The second-order valence-corrected chi connectivity index (χ2v) is 5.84.